The van der Waals surface area contributed by atoms with E-state index in [0.717, 1.165) is 22.4 Å². The fraction of sp³-hybridized carbons (Fsp3) is 0.294. The van der Waals surface area contributed by atoms with Crippen LogP contribution in [0.25, 0.3) is 0 Å². The predicted molar refractivity (Wildman–Crippen MR) is 88.3 cm³/mol. The second-order valence-electron chi connectivity index (χ2n) is 5.36. The molecule has 0 aliphatic carbocycles. The number of nitrogens with one attached hydrogen (secondary N) is 1. The van der Waals surface area contributed by atoms with Crippen molar-refractivity contribution in [2.45, 2.75) is 25.6 Å². The van der Waals surface area contributed by atoms with Gasteiger partial charge >= 0.3 is 0 Å². The summed E-state index contributed by atoms with van der Waals surface area (Å²) in [7, 11) is -1.79. The van der Waals surface area contributed by atoms with E-state index in [9.17, 15) is 8.42 Å². The van der Waals surface area contributed by atoms with Crippen molar-refractivity contribution in [3.05, 3.63) is 65.2 Å². The Labute approximate surface area is 132 Å². The van der Waals surface area contributed by atoms with Gasteiger partial charge in [-0.15, -0.1) is 0 Å². The molecule has 22 heavy (non-hydrogen) atoms. The first kappa shape index (κ1) is 16.5. The zero-order chi connectivity index (χ0) is 16.2. The second kappa shape index (κ2) is 6.94. The smallest absolute Gasteiger partial charge is 0.216 e. The van der Waals surface area contributed by atoms with Gasteiger partial charge in [-0.05, 0) is 37.1 Å². The Balaban J connectivity index is 2.05. The number of sulfonamides is 1. The summed E-state index contributed by atoms with van der Waals surface area (Å²) in [6.45, 7) is 3.80. The summed E-state index contributed by atoms with van der Waals surface area (Å²) in [4.78, 5) is 0. The zero-order valence-electron chi connectivity index (χ0n) is 13.0. The van der Waals surface area contributed by atoms with Gasteiger partial charge in [0.25, 0.3) is 0 Å². The van der Waals surface area contributed by atoms with Gasteiger partial charge in [-0.2, -0.15) is 0 Å². The second-order valence-corrected chi connectivity index (χ2v) is 7.11. The first-order valence-electron chi connectivity index (χ1n) is 7.09. The van der Waals surface area contributed by atoms with Gasteiger partial charge in [-0.25, -0.2) is 13.1 Å². The number of hydrogen-bond donors (Lipinski definition) is 1. The Hall–Kier alpha value is -1.85. The minimum Gasteiger partial charge on any atom is -0.497 e. The zero-order valence-corrected chi connectivity index (χ0v) is 13.9. The third-order valence-corrected chi connectivity index (χ3v) is 4.88. The van der Waals surface area contributed by atoms with Crippen LogP contribution in [0.5, 0.6) is 5.75 Å². The number of hydrogen-bond acceptors (Lipinski definition) is 3. The van der Waals surface area contributed by atoms with Gasteiger partial charge in [-0.1, -0.05) is 42.0 Å². The summed E-state index contributed by atoms with van der Waals surface area (Å²) >= 11 is 0. The molecule has 2 rings (SSSR count). The average Bonchev–Trinajstić information content (AvgIpc) is 2.49. The quantitative estimate of drug-likeness (QED) is 0.889. The van der Waals surface area contributed by atoms with Crippen LogP contribution in [0.4, 0.5) is 0 Å². The molecule has 0 aromatic heterocycles. The molecule has 2 aromatic carbocycles. The molecule has 0 radical (unpaired) electrons. The lowest BCUT2D eigenvalue weighted by Crippen LogP contribution is -2.28. The van der Waals surface area contributed by atoms with E-state index in [2.05, 4.69) is 4.72 Å². The normalized spacial score (nSPS) is 12.9. The van der Waals surface area contributed by atoms with Crippen LogP contribution in [0.3, 0.4) is 0 Å². The van der Waals surface area contributed by atoms with Crippen LogP contribution in [0, 0.1) is 6.92 Å². The molecule has 4 nitrogen and oxygen atoms in total. The Kier molecular flexibility index (Phi) is 5.21. The molecule has 118 valence electrons. The molecule has 0 unspecified atom stereocenters. The molecule has 0 bridgehead atoms. The van der Waals surface area contributed by atoms with Crippen LogP contribution in [-0.2, 0) is 15.8 Å². The third-order valence-electron chi connectivity index (χ3n) is 3.45. The highest BCUT2D eigenvalue weighted by Crippen LogP contribution is 2.18. The number of benzene rings is 2. The maximum atomic E-state index is 12.3. The molecule has 0 heterocycles. The van der Waals surface area contributed by atoms with Crippen LogP contribution in [-0.4, -0.2) is 15.5 Å². The van der Waals surface area contributed by atoms with Crippen molar-refractivity contribution < 1.29 is 13.2 Å². The summed E-state index contributed by atoms with van der Waals surface area (Å²) in [5.41, 5.74) is 2.79. The number of ether oxygens (including phenoxy) is 1. The minimum atomic E-state index is -3.39. The Bertz CT molecular complexity index is 707. The summed E-state index contributed by atoms with van der Waals surface area (Å²) < 4.78 is 32.3. The van der Waals surface area contributed by atoms with E-state index in [1.54, 1.807) is 7.11 Å². The monoisotopic (exact) mass is 319 g/mol. The molecule has 1 N–H and O–H groups in total. The molecule has 2 aromatic rings. The molecular formula is C17H21NO3S. The first-order valence-corrected chi connectivity index (χ1v) is 8.74. The maximum absolute atomic E-state index is 12.3. The highest BCUT2D eigenvalue weighted by atomic mass is 32.2. The van der Waals surface area contributed by atoms with Crippen LogP contribution < -0.4 is 9.46 Å². The third kappa shape index (κ3) is 4.58. The molecule has 0 saturated heterocycles. The van der Waals surface area contributed by atoms with Crippen LogP contribution in [0.2, 0.25) is 0 Å². The summed E-state index contributed by atoms with van der Waals surface area (Å²) in [5, 5.41) is 0. The van der Waals surface area contributed by atoms with E-state index in [4.69, 9.17) is 4.74 Å². The SMILES string of the molecule is COc1ccc([C@@H](C)NS(=O)(=O)Cc2ccc(C)cc2)cc1. The molecule has 0 aliphatic heterocycles. The largest absolute Gasteiger partial charge is 0.497 e. The molecule has 1 atom stereocenters. The van der Waals surface area contributed by atoms with Crippen molar-refractivity contribution in [1.29, 1.82) is 0 Å². The minimum absolute atomic E-state index is 0.0201. The molecular weight excluding hydrogens is 298 g/mol. The van der Waals surface area contributed by atoms with E-state index >= 15 is 0 Å². The van der Waals surface area contributed by atoms with Crippen molar-refractivity contribution in [2.24, 2.45) is 0 Å². The van der Waals surface area contributed by atoms with Crippen LogP contribution in [0.1, 0.15) is 29.7 Å². The van der Waals surface area contributed by atoms with E-state index in [0.29, 0.717) is 0 Å². The Morgan fingerprint density at radius 3 is 2.18 bits per heavy atom. The molecule has 0 fully saturated rings. The van der Waals surface area contributed by atoms with Crippen LogP contribution in [0.15, 0.2) is 48.5 Å². The van der Waals surface area contributed by atoms with E-state index in [1.807, 2.05) is 62.4 Å². The van der Waals surface area contributed by atoms with Crippen molar-refractivity contribution in [1.82, 2.24) is 4.72 Å². The van der Waals surface area contributed by atoms with Crippen LogP contribution >= 0.6 is 0 Å². The van der Waals surface area contributed by atoms with Gasteiger partial charge in [0.15, 0.2) is 0 Å². The molecule has 0 spiro atoms. The van der Waals surface area contributed by atoms with Crippen molar-refractivity contribution >= 4 is 10.0 Å². The first-order chi connectivity index (χ1) is 10.4. The van der Waals surface area contributed by atoms with Gasteiger partial charge in [0.2, 0.25) is 10.0 Å². The standard InChI is InChI=1S/C17H21NO3S/c1-13-4-6-15(7-5-13)12-22(19,20)18-14(2)16-8-10-17(21-3)11-9-16/h4-11,14,18H,12H2,1-3H3/t14-/m1/s1. The van der Waals surface area contributed by atoms with Crippen molar-refractivity contribution in [3.63, 3.8) is 0 Å². The average molecular weight is 319 g/mol. The molecule has 0 aliphatic rings. The Morgan fingerprint density at radius 2 is 1.64 bits per heavy atom. The van der Waals surface area contributed by atoms with Gasteiger partial charge in [-0.3, -0.25) is 0 Å². The molecule has 0 saturated carbocycles. The lowest BCUT2D eigenvalue weighted by Gasteiger charge is -2.15. The predicted octanol–water partition coefficient (Wildman–Crippen LogP) is 3.18. The van der Waals surface area contributed by atoms with E-state index in [-0.39, 0.29) is 11.8 Å². The van der Waals surface area contributed by atoms with E-state index in [1.165, 1.54) is 0 Å². The van der Waals surface area contributed by atoms with Gasteiger partial charge < -0.3 is 4.74 Å². The fourth-order valence-electron chi connectivity index (χ4n) is 2.18. The number of methoxy groups -OCH3 is 1. The number of aryl methyl sites for hydroxylation is 1. The van der Waals surface area contributed by atoms with Gasteiger partial charge in [0, 0.05) is 6.04 Å². The summed E-state index contributed by atoms with van der Waals surface area (Å²) in [6.07, 6.45) is 0. The topological polar surface area (TPSA) is 55.4 Å². The fourth-order valence-corrected chi connectivity index (χ4v) is 3.56. The van der Waals surface area contributed by atoms with Gasteiger partial charge in [0.05, 0.1) is 12.9 Å². The van der Waals surface area contributed by atoms with Crippen molar-refractivity contribution in [3.8, 4) is 5.75 Å². The lowest BCUT2D eigenvalue weighted by molar-refractivity contribution is 0.414. The molecule has 5 heteroatoms. The highest BCUT2D eigenvalue weighted by molar-refractivity contribution is 7.88. The van der Waals surface area contributed by atoms with E-state index < -0.39 is 10.0 Å². The van der Waals surface area contributed by atoms with Crippen molar-refractivity contribution in [2.75, 3.05) is 7.11 Å². The summed E-state index contributed by atoms with van der Waals surface area (Å²) in [6, 6.07) is 14.6. The Morgan fingerprint density at radius 1 is 1.05 bits per heavy atom. The van der Waals surface area contributed by atoms with Gasteiger partial charge in [0.1, 0.15) is 5.75 Å². The molecule has 0 amide bonds. The number of rotatable bonds is 6. The highest BCUT2D eigenvalue weighted by Gasteiger charge is 2.16. The summed E-state index contributed by atoms with van der Waals surface area (Å²) in [5.74, 6) is 0.729. The maximum Gasteiger partial charge on any atom is 0.216 e. The lowest BCUT2D eigenvalue weighted by atomic mass is 10.1.